The lowest BCUT2D eigenvalue weighted by Crippen LogP contribution is -2.14. The van der Waals surface area contributed by atoms with Gasteiger partial charge in [-0.3, -0.25) is 5.10 Å². The zero-order valence-corrected chi connectivity index (χ0v) is 108. The van der Waals surface area contributed by atoms with Crippen molar-refractivity contribution in [3.63, 3.8) is 0 Å². The third-order valence-corrected chi connectivity index (χ3v) is 22.5. The van der Waals surface area contributed by atoms with Crippen LogP contribution in [0.3, 0.4) is 0 Å². The number of nitrogens with one attached hydrogen (secondary N) is 3. The van der Waals surface area contributed by atoms with E-state index in [1.165, 1.54) is 63.2 Å². The Morgan fingerprint density at radius 1 is 0.245 bits per heavy atom. The lowest BCUT2D eigenvalue weighted by Gasteiger charge is -2.23. The fourth-order valence-electron chi connectivity index (χ4n) is 15.7. The van der Waals surface area contributed by atoms with Gasteiger partial charge in [0.25, 0.3) is 0 Å². The summed E-state index contributed by atoms with van der Waals surface area (Å²) in [6, 6.07) is 37.7. The molecule has 0 spiro atoms. The number of hydrogen-bond donors (Lipinski definition) is 3. The SMILES string of the molecule is CC(C)(C)CCCOCCC(C)(C)C.CC(C)(C)Cc1ccc(C(C)(C)C)cc1.CC(C)(C)Cc1ccc(C(C)(C)C)o1.CC(C)(C)Cc1ccc(CC(C)(C)C)o1.CC(C)(C)Cc1cccc(C(C)(C)C)c1.CC(C)(C)Cc1cnc(CC(C)(C)C)[nH]1.CC(C)(C)Cc1cnc(CC(C)(C)C)[nH]1.CC(C)(C)Cc1coc(CC(C)(C)C)c1.CC(C)(C)Cc1n[nH]c(CC(C)(C)C)n1.CC(C)(C)c1ccc(C(C)(C)C)cc1. The molecular formula is C136H239N7O4. The number of nitrogens with zero attached hydrogens (tertiary/aromatic N) is 4. The second kappa shape index (κ2) is 56.8. The fraction of sp³-hybridized carbons (Fsp3) is 0.721. The van der Waals surface area contributed by atoms with Gasteiger partial charge in [0.1, 0.15) is 46.3 Å². The molecule has 9 rings (SSSR count). The third kappa shape index (κ3) is 77.9. The first-order valence-electron chi connectivity index (χ1n) is 56.3. The van der Waals surface area contributed by atoms with Crippen LogP contribution in [0.1, 0.15) is 537 Å². The van der Waals surface area contributed by atoms with Gasteiger partial charge in [-0.15, -0.1) is 0 Å². The predicted octanol–water partition coefficient (Wildman–Crippen LogP) is 40.9. The molecule has 3 N–H and O–H groups in total. The molecule has 0 saturated heterocycles. The molecular weight excluding hydrogens is 1800 g/mol. The van der Waals surface area contributed by atoms with Crippen LogP contribution in [0.2, 0.25) is 0 Å². The highest BCUT2D eigenvalue weighted by molar-refractivity contribution is 5.33. The van der Waals surface area contributed by atoms with Gasteiger partial charge in [0.05, 0.1) is 6.26 Å². The van der Waals surface area contributed by atoms with Gasteiger partial charge in [-0.05, 0) is 224 Å². The molecule has 0 aliphatic rings. The topological polar surface area (TPSA) is 148 Å². The Balaban J connectivity index is 0.00000161. The summed E-state index contributed by atoms with van der Waals surface area (Å²) < 4.78 is 22.9. The summed E-state index contributed by atoms with van der Waals surface area (Å²) in [5.41, 5.74) is 18.5. The zero-order chi connectivity index (χ0) is 115. The Morgan fingerprint density at radius 3 is 0.884 bits per heavy atom. The average Bonchev–Trinajstić information content (AvgIpc) is 1.30. The molecule has 0 unspecified atom stereocenters. The number of rotatable bonds is 18. The van der Waals surface area contributed by atoms with Crippen molar-refractivity contribution in [3.05, 3.63) is 224 Å². The van der Waals surface area contributed by atoms with Gasteiger partial charge in [0.15, 0.2) is 5.82 Å². The van der Waals surface area contributed by atoms with Crippen molar-refractivity contribution in [3.8, 4) is 0 Å². The lowest BCUT2D eigenvalue weighted by molar-refractivity contribution is 0.0994. The standard InChI is InChI=1S/2C15H24.2C14H24O.C14H22.2C13H24N2.C13H22O.C13H28O.C12H23N3/c1-14(2,3)11-12-7-9-13(10-8-12)15(4,5)6;1-14(2,3)11-12-8-7-9-13(10-12)15(4,5)6;1-13(2,3)8-11-7-12(15-10-11)9-14(4,5)6;1-13(2,3)9-11-7-8-12(15-11)10-14(4,5)6;1-13(2,3)11-7-9-12(10-8-11)14(4,5)6;2*1-12(2,3)7-10-9-14-11(15-10)8-13(4,5)6;1-12(2,3)9-10-7-8-11(14-10)13(4,5)6;1-12(2,3)8-7-10-14-11-9-13(4,5)6;1-11(2,3)7-9-13-10(15-14-9)8-12(4,5)6/h2*7-10H,11H2,1-6H3;7,10H,8-9H2,1-6H3;7-8H,9-10H2,1-6H3;7-10H,1-6H3;2*9H,7-8H2,1-6H3,(H,14,15);7-8H,9H2,1-6H3;7-11H2,1-6H3;7-8H2,1-6H3,(H,13,14,15). The normalized spacial score (nSPS) is 13.1. The van der Waals surface area contributed by atoms with E-state index in [4.69, 9.17) is 18.0 Å². The lowest BCUT2D eigenvalue weighted by atomic mass is 9.82. The quantitative estimate of drug-likeness (QED) is 0.0720. The van der Waals surface area contributed by atoms with Gasteiger partial charge in [-0.1, -0.05) is 488 Å². The summed E-state index contributed by atoms with van der Waals surface area (Å²) in [6.45, 7) is 136. The molecule has 0 atom stereocenters. The highest BCUT2D eigenvalue weighted by atomic mass is 16.5. The van der Waals surface area contributed by atoms with E-state index >= 15 is 0 Å². The van der Waals surface area contributed by atoms with Crippen molar-refractivity contribution < 1.29 is 18.0 Å². The van der Waals surface area contributed by atoms with E-state index in [2.05, 4.69) is 554 Å². The van der Waals surface area contributed by atoms with Crippen molar-refractivity contribution in [2.75, 3.05) is 13.2 Å². The summed E-state index contributed by atoms with van der Waals surface area (Å²) >= 11 is 0. The minimum atomic E-state index is 0.121. The van der Waals surface area contributed by atoms with Gasteiger partial charge < -0.3 is 28.0 Å². The summed E-state index contributed by atoms with van der Waals surface area (Å²) in [5, 5.41) is 7.27. The summed E-state index contributed by atoms with van der Waals surface area (Å²) in [7, 11) is 0. The largest absolute Gasteiger partial charge is 0.469 e. The zero-order valence-electron chi connectivity index (χ0n) is 108. The maximum absolute atomic E-state index is 5.84. The Labute approximate surface area is 911 Å². The molecule has 11 nitrogen and oxygen atoms in total. The molecule has 0 saturated carbocycles. The average molecular weight is 2040 g/mol. The van der Waals surface area contributed by atoms with Crippen LogP contribution in [-0.2, 0) is 115 Å². The Morgan fingerprint density at radius 2 is 0.558 bits per heavy atom. The molecule has 0 fully saturated rings. The van der Waals surface area contributed by atoms with E-state index < -0.39 is 0 Å². The molecule has 0 amide bonds. The maximum Gasteiger partial charge on any atom is 0.151 e. The van der Waals surface area contributed by atoms with Crippen LogP contribution in [0.5, 0.6) is 0 Å². The summed E-state index contributed by atoms with van der Waals surface area (Å²) in [5.74, 6) is 9.68. The van der Waals surface area contributed by atoms with Crippen molar-refractivity contribution >= 4 is 0 Å². The highest BCUT2D eigenvalue weighted by Crippen LogP contribution is 2.36. The molecule has 0 aliphatic heterocycles. The van der Waals surface area contributed by atoms with Gasteiger partial charge in [0, 0.05) is 93.8 Å². The molecule has 11 heteroatoms. The molecule has 147 heavy (non-hydrogen) atoms. The summed E-state index contributed by atoms with van der Waals surface area (Å²) in [6.07, 6.45) is 22.9. The first-order chi connectivity index (χ1) is 65.3. The first kappa shape index (κ1) is 140. The van der Waals surface area contributed by atoms with E-state index in [0.717, 1.165) is 155 Å². The second-order valence-corrected chi connectivity index (χ2v) is 66.4. The molecule has 0 radical (unpaired) electrons. The van der Waals surface area contributed by atoms with Gasteiger partial charge in [-0.25, -0.2) is 15.0 Å². The number of hydrogen-bond acceptors (Lipinski definition) is 8. The van der Waals surface area contributed by atoms with Gasteiger partial charge >= 0.3 is 0 Å². The molecule has 6 aromatic heterocycles. The van der Waals surface area contributed by atoms with E-state index in [0.29, 0.717) is 70.4 Å². The van der Waals surface area contributed by atoms with E-state index in [1.54, 1.807) is 0 Å². The van der Waals surface area contributed by atoms with Crippen molar-refractivity contribution in [1.29, 1.82) is 0 Å². The molecule has 3 aromatic carbocycles. The number of aromatic amines is 3. The second-order valence-electron chi connectivity index (χ2n) is 66.4. The monoisotopic (exact) mass is 2030 g/mol. The molecule has 9 aromatic rings. The van der Waals surface area contributed by atoms with Crippen molar-refractivity contribution in [2.24, 2.45) is 81.2 Å². The van der Waals surface area contributed by atoms with E-state index in [-0.39, 0.29) is 37.9 Å². The number of ether oxygens (including phenoxy) is 1. The van der Waals surface area contributed by atoms with Crippen LogP contribution in [0.25, 0.3) is 0 Å². The van der Waals surface area contributed by atoms with Gasteiger partial charge in [0.2, 0.25) is 0 Å². The minimum Gasteiger partial charge on any atom is -0.469 e. The fourth-order valence-corrected chi connectivity index (χ4v) is 15.7. The van der Waals surface area contributed by atoms with Crippen LogP contribution >= 0.6 is 0 Å². The predicted molar refractivity (Wildman–Crippen MR) is 647 cm³/mol. The number of H-pyrrole nitrogens is 3. The molecule has 0 aliphatic carbocycles. The third-order valence-electron chi connectivity index (χ3n) is 22.5. The Hall–Kier alpha value is -6.98. The van der Waals surface area contributed by atoms with Crippen LogP contribution in [0.4, 0.5) is 0 Å². The molecule has 842 valence electrons. The van der Waals surface area contributed by atoms with E-state index in [1.807, 2.05) is 18.7 Å². The number of aromatic nitrogens is 7. The Bertz CT molecular complexity index is 4430. The van der Waals surface area contributed by atoms with Crippen LogP contribution in [0.15, 0.2) is 135 Å². The number of benzene rings is 3. The minimum absolute atomic E-state index is 0.121. The van der Waals surface area contributed by atoms with E-state index in [9.17, 15) is 0 Å². The van der Waals surface area contributed by atoms with Crippen molar-refractivity contribution in [1.82, 2.24) is 35.1 Å². The van der Waals surface area contributed by atoms with Crippen LogP contribution in [0, 0.1) is 81.2 Å². The number of imidazole rings is 2. The number of furan rings is 3. The summed E-state index contributed by atoms with van der Waals surface area (Å²) in [4.78, 5) is 20.2. The Kier molecular flexibility index (Phi) is 54.1. The smallest absolute Gasteiger partial charge is 0.151 e. The maximum atomic E-state index is 5.84. The highest BCUT2D eigenvalue weighted by Gasteiger charge is 2.28. The molecule has 0 bridgehead atoms. The van der Waals surface area contributed by atoms with Crippen LogP contribution in [-0.4, -0.2) is 48.3 Å². The first-order valence-corrected chi connectivity index (χ1v) is 56.3. The van der Waals surface area contributed by atoms with Gasteiger partial charge in [-0.2, -0.15) is 5.10 Å². The van der Waals surface area contributed by atoms with Crippen molar-refractivity contribution in [2.45, 2.75) is 545 Å². The molecule has 6 heterocycles. The van der Waals surface area contributed by atoms with Crippen LogP contribution < -0.4 is 0 Å².